The maximum absolute atomic E-state index is 12.5. The number of hydrogen-bond donors (Lipinski definition) is 0. The van der Waals surface area contributed by atoms with Crippen LogP contribution >= 0.6 is 0 Å². The van der Waals surface area contributed by atoms with Crippen LogP contribution in [0, 0.1) is 45.3 Å². The van der Waals surface area contributed by atoms with E-state index < -0.39 is 0 Å². The van der Waals surface area contributed by atoms with Crippen molar-refractivity contribution in [2.24, 2.45) is 45.3 Å². The predicted octanol–water partition coefficient (Wildman–Crippen LogP) is 8.45. The lowest BCUT2D eigenvalue weighted by Crippen LogP contribution is -2.66. The van der Waals surface area contributed by atoms with Crippen molar-refractivity contribution < 1.29 is 19.1 Å². The fourth-order valence-electron chi connectivity index (χ4n) is 10.6. The SMILES string of the molecule is C=C(CCC=C(C)C)C1CC[C@]2(C)C1[C@H](OC(C)=O)CC1[C@@]3(C)CC[C@H](OC(C)=O)C(C)(C)C3CC[C@]12C. The molecule has 0 aromatic heterocycles. The normalized spacial score (nSPS) is 43.2. The first-order valence-corrected chi connectivity index (χ1v) is 15.2. The van der Waals surface area contributed by atoms with Gasteiger partial charge in [0.15, 0.2) is 0 Å². The summed E-state index contributed by atoms with van der Waals surface area (Å²) in [7, 11) is 0. The largest absolute Gasteiger partial charge is 0.462 e. The van der Waals surface area contributed by atoms with E-state index >= 15 is 0 Å². The van der Waals surface area contributed by atoms with Crippen LogP contribution in [0.3, 0.4) is 0 Å². The summed E-state index contributed by atoms with van der Waals surface area (Å²) in [6, 6.07) is 0. The molecule has 4 rings (SSSR count). The molecule has 4 saturated carbocycles. The Kier molecular flexibility index (Phi) is 7.82. The minimum atomic E-state index is -0.169. The molecule has 214 valence electrons. The molecule has 4 aliphatic carbocycles. The zero-order valence-electron chi connectivity index (χ0n) is 25.7. The highest BCUT2D eigenvalue weighted by Crippen LogP contribution is 2.76. The summed E-state index contributed by atoms with van der Waals surface area (Å²) in [5.41, 5.74) is 3.03. The number of esters is 2. The Morgan fingerprint density at radius 3 is 2.08 bits per heavy atom. The summed E-state index contributed by atoms with van der Waals surface area (Å²) < 4.78 is 12.2. The maximum atomic E-state index is 12.5. The molecule has 0 aliphatic heterocycles. The highest BCUT2D eigenvalue weighted by Gasteiger charge is 2.71. The molecule has 0 heterocycles. The van der Waals surface area contributed by atoms with Crippen molar-refractivity contribution in [2.75, 3.05) is 0 Å². The van der Waals surface area contributed by atoms with Crippen LogP contribution in [0.2, 0.25) is 0 Å². The van der Waals surface area contributed by atoms with E-state index in [4.69, 9.17) is 9.47 Å². The van der Waals surface area contributed by atoms with Gasteiger partial charge in [0.25, 0.3) is 0 Å². The van der Waals surface area contributed by atoms with Crippen LogP contribution in [0.25, 0.3) is 0 Å². The molecule has 0 spiro atoms. The third kappa shape index (κ3) is 4.60. The molecule has 4 fully saturated rings. The van der Waals surface area contributed by atoms with Gasteiger partial charge in [0.2, 0.25) is 0 Å². The van der Waals surface area contributed by atoms with Crippen LogP contribution in [0.5, 0.6) is 0 Å². The van der Waals surface area contributed by atoms with Gasteiger partial charge in [-0.2, -0.15) is 0 Å². The number of rotatable bonds is 6. The first kappa shape index (κ1) is 29.4. The van der Waals surface area contributed by atoms with E-state index in [-0.39, 0.29) is 45.8 Å². The Balaban J connectivity index is 1.70. The van der Waals surface area contributed by atoms with Crippen LogP contribution in [0.4, 0.5) is 0 Å². The van der Waals surface area contributed by atoms with Gasteiger partial charge in [-0.15, -0.1) is 0 Å². The monoisotopic (exact) mass is 526 g/mol. The lowest BCUT2D eigenvalue weighted by Gasteiger charge is -2.70. The van der Waals surface area contributed by atoms with E-state index in [0.717, 1.165) is 38.5 Å². The molecule has 4 aliphatic rings. The molecule has 4 unspecified atom stereocenters. The number of ether oxygens (including phenoxy) is 2. The molecular weight excluding hydrogens is 472 g/mol. The van der Waals surface area contributed by atoms with Gasteiger partial charge in [-0.05, 0) is 106 Å². The summed E-state index contributed by atoms with van der Waals surface area (Å²) in [5, 5.41) is 0. The molecule has 0 radical (unpaired) electrons. The van der Waals surface area contributed by atoms with E-state index in [1.54, 1.807) is 6.92 Å². The second kappa shape index (κ2) is 10.1. The molecule has 38 heavy (non-hydrogen) atoms. The molecule has 9 atom stereocenters. The average molecular weight is 527 g/mol. The molecule has 0 bridgehead atoms. The van der Waals surface area contributed by atoms with Gasteiger partial charge in [0.1, 0.15) is 12.2 Å². The molecule has 4 nitrogen and oxygen atoms in total. The van der Waals surface area contributed by atoms with Crippen LogP contribution in [0.1, 0.15) is 120 Å². The average Bonchev–Trinajstić information content (AvgIpc) is 3.16. The van der Waals surface area contributed by atoms with Crippen molar-refractivity contribution in [3.8, 4) is 0 Å². The van der Waals surface area contributed by atoms with Gasteiger partial charge < -0.3 is 9.47 Å². The van der Waals surface area contributed by atoms with Crippen LogP contribution in [-0.4, -0.2) is 24.1 Å². The minimum Gasteiger partial charge on any atom is -0.462 e. The molecule has 0 saturated heterocycles. The number of hydrogen-bond acceptors (Lipinski definition) is 4. The van der Waals surface area contributed by atoms with Gasteiger partial charge in [0, 0.05) is 25.2 Å². The van der Waals surface area contributed by atoms with Crippen molar-refractivity contribution >= 4 is 11.9 Å². The number of allylic oxidation sites excluding steroid dienone is 3. The Hall–Kier alpha value is -1.58. The topological polar surface area (TPSA) is 52.6 Å². The lowest BCUT2D eigenvalue weighted by atomic mass is 9.35. The lowest BCUT2D eigenvalue weighted by molar-refractivity contribution is -0.246. The van der Waals surface area contributed by atoms with Crippen molar-refractivity contribution in [1.82, 2.24) is 0 Å². The molecular formula is C34H54O4. The standard InChI is InChI=1S/C34H54O4/c1-21(2)12-11-13-22(3)25-14-18-34(10)30(25)26(37-23(4)35)20-28-32(8)17-16-29(38-24(5)36)31(6,7)27(32)15-19-33(28,34)9/h12,25-30H,3,11,13-20H2,1-2,4-10H3/t25?,26-,27?,28?,29+,30?,32+,33-,34-/m1/s1. The molecule has 0 aromatic carbocycles. The van der Waals surface area contributed by atoms with Gasteiger partial charge >= 0.3 is 11.9 Å². The third-order valence-electron chi connectivity index (χ3n) is 12.5. The highest BCUT2D eigenvalue weighted by molar-refractivity contribution is 5.66. The van der Waals surface area contributed by atoms with Crippen molar-refractivity contribution in [3.63, 3.8) is 0 Å². The Morgan fingerprint density at radius 2 is 1.47 bits per heavy atom. The summed E-state index contributed by atoms with van der Waals surface area (Å²) in [5.74, 6) is 1.36. The first-order valence-electron chi connectivity index (χ1n) is 15.2. The van der Waals surface area contributed by atoms with Crippen molar-refractivity contribution in [1.29, 1.82) is 0 Å². The van der Waals surface area contributed by atoms with E-state index in [0.29, 0.717) is 23.7 Å². The zero-order valence-corrected chi connectivity index (χ0v) is 25.7. The Morgan fingerprint density at radius 1 is 0.842 bits per heavy atom. The number of carbonyl (C=O) groups excluding carboxylic acids is 2. The van der Waals surface area contributed by atoms with E-state index in [1.807, 2.05) is 0 Å². The Labute approximate surface area is 232 Å². The van der Waals surface area contributed by atoms with Crippen molar-refractivity contribution in [2.45, 2.75) is 132 Å². The quantitative estimate of drug-likeness (QED) is 0.257. The fraction of sp³-hybridized carbons (Fsp3) is 0.824. The smallest absolute Gasteiger partial charge is 0.302 e. The summed E-state index contributed by atoms with van der Waals surface area (Å²) in [6.07, 6.45) is 11.9. The number of carbonyl (C=O) groups is 2. The zero-order chi connectivity index (χ0) is 28.3. The third-order valence-corrected chi connectivity index (χ3v) is 12.5. The van der Waals surface area contributed by atoms with Gasteiger partial charge in [-0.1, -0.05) is 58.4 Å². The molecule has 0 aromatic rings. The second-order valence-electron chi connectivity index (χ2n) is 15.0. The first-order chi connectivity index (χ1) is 17.6. The minimum absolute atomic E-state index is 0.0291. The second-order valence-corrected chi connectivity index (χ2v) is 15.0. The summed E-state index contributed by atoms with van der Waals surface area (Å²) in [6.45, 7) is 24.3. The van der Waals surface area contributed by atoms with E-state index in [9.17, 15) is 9.59 Å². The van der Waals surface area contributed by atoms with Gasteiger partial charge in [-0.25, -0.2) is 0 Å². The number of fused-ring (bicyclic) bond motifs is 5. The van der Waals surface area contributed by atoms with E-state index in [1.165, 1.54) is 37.3 Å². The molecule has 0 amide bonds. The van der Waals surface area contributed by atoms with Crippen LogP contribution in [0.15, 0.2) is 23.8 Å². The fourth-order valence-corrected chi connectivity index (χ4v) is 10.6. The van der Waals surface area contributed by atoms with E-state index in [2.05, 4.69) is 61.1 Å². The summed E-state index contributed by atoms with van der Waals surface area (Å²) in [4.78, 5) is 24.4. The molecule has 4 heteroatoms. The van der Waals surface area contributed by atoms with Gasteiger partial charge in [-0.3, -0.25) is 9.59 Å². The van der Waals surface area contributed by atoms with Crippen LogP contribution in [-0.2, 0) is 19.1 Å². The molecule has 0 N–H and O–H groups in total. The predicted molar refractivity (Wildman–Crippen MR) is 153 cm³/mol. The Bertz CT molecular complexity index is 988. The summed E-state index contributed by atoms with van der Waals surface area (Å²) >= 11 is 0. The van der Waals surface area contributed by atoms with Crippen LogP contribution < -0.4 is 0 Å². The van der Waals surface area contributed by atoms with Crippen molar-refractivity contribution in [3.05, 3.63) is 23.8 Å². The maximum Gasteiger partial charge on any atom is 0.302 e. The highest BCUT2D eigenvalue weighted by atomic mass is 16.5. The van der Waals surface area contributed by atoms with Gasteiger partial charge in [0.05, 0.1) is 0 Å².